The van der Waals surface area contributed by atoms with E-state index in [1.54, 1.807) is 29.2 Å². The van der Waals surface area contributed by atoms with Crippen molar-refractivity contribution in [2.24, 2.45) is 0 Å². The quantitative estimate of drug-likeness (QED) is 0.381. The number of amides is 1. The van der Waals surface area contributed by atoms with Crippen LogP contribution in [0, 0.1) is 0 Å². The number of carbonyl (C=O) groups excluding carboxylic acids is 1. The summed E-state index contributed by atoms with van der Waals surface area (Å²) in [7, 11) is -4.55. The SMILES string of the molecule is O=C1COCCN1c1ccc(NC[C@H](CCl)OS(=O)(=O)O)cc1.[KH]. The van der Waals surface area contributed by atoms with Gasteiger partial charge >= 0.3 is 61.8 Å². The van der Waals surface area contributed by atoms with E-state index in [1.165, 1.54) is 0 Å². The number of halogens is 1. The predicted molar refractivity (Wildman–Crippen MR) is 92.4 cm³/mol. The number of morpholine rings is 1. The number of ether oxygens (including phenoxy) is 1. The Balaban J connectivity index is 0.00000288. The van der Waals surface area contributed by atoms with Crippen molar-refractivity contribution < 1.29 is 26.7 Å². The van der Waals surface area contributed by atoms with Gasteiger partial charge in [-0.25, -0.2) is 4.18 Å². The summed E-state index contributed by atoms with van der Waals surface area (Å²) in [5, 5.41) is 2.95. The Hall–Kier alpha value is 0.246. The molecule has 24 heavy (non-hydrogen) atoms. The van der Waals surface area contributed by atoms with Gasteiger partial charge in [-0.1, -0.05) is 0 Å². The van der Waals surface area contributed by atoms with E-state index in [9.17, 15) is 13.2 Å². The zero-order valence-electron chi connectivity index (χ0n) is 12.1. The summed E-state index contributed by atoms with van der Waals surface area (Å²) in [6.07, 6.45) is -0.896. The van der Waals surface area contributed by atoms with Crippen LogP contribution >= 0.6 is 11.6 Å². The second-order valence-electron chi connectivity index (χ2n) is 4.83. The normalized spacial score (nSPS) is 16.4. The first kappa shape index (κ1) is 22.3. The van der Waals surface area contributed by atoms with Gasteiger partial charge in [0.1, 0.15) is 12.7 Å². The molecule has 8 nitrogen and oxygen atoms in total. The molecular formula is C13H18ClKN2O6S. The molecule has 1 saturated heterocycles. The van der Waals surface area contributed by atoms with Crippen molar-refractivity contribution in [3.63, 3.8) is 0 Å². The van der Waals surface area contributed by atoms with Gasteiger partial charge in [0.25, 0.3) is 5.91 Å². The summed E-state index contributed by atoms with van der Waals surface area (Å²) in [6, 6.07) is 7.03. The topological polar surface area (TPSA) is 105 Å². The van der Waals surface area contributed by atoms with Gasteiger partial charge in [0.15, 0.2) is 0 Å². The number of anilines is 2. The molecule has 130 valence electrons. The number of carbonyl (C=O) groups is 1. The van der Waals surface area contributed by atoms with E-state index in [4.69, 9.17) is 20.9 Å². The minimum atomic E-state index is -4.55. The van der Waals surface area contributed by atoms with Crippen LogP contribution in [-0.2, 0) is 24.1 Å². The molecule has 0 unspecified atom stereocenters. The predicted octanol–water partition coefficient (Wildman–Crippen LogP) is 0.240. The van der Waals surface area contributed by atoms with Crippen LogP contribution in [0.3, 0.4) is 0 Å². The maximum atomic E-state index is 11.7. The van der Waals surface area contributed by atoms with Crippen LogP contribution in [0.15, 0.2) is 24.3 Å². The summed E-state index contributed by atoms with van der Waals surface area (Å²) >= 11 is 5.59. The van der Waals surface area contributed by atoms with E-state index in [0.717, 1.165) is 5.69 Å². The van der Waals surface area contributed by atoms with Gasteiger partial charge < -0.3 is 15.0 Å². The molecule has 0 aliphatic carbocycles. The van der Waals surface area contributed by atoms with Crippen LogP contribution in [0.4, 0.5) is 11.4 Å². The molecule has 0 radical (unpaired) electrons. The molecule has 1 aliphatic rings. The Morgan fingerprint density at radius 1 is 1.38 bits per heavy atom. The number of nitrogens with one attached hydrogen (secondary N) is 1. The zero-order valence-corrected chi connectivity index (χ0v) is 13.7. The standard InChI is InChI=1S/C13H17ClN2O6S.K.H/c14-7-12(22-23(18,19)20)8-15-10-1-3-11(4-2-10)16-5-6-21-9-13(16)17;;/h1-4,12,15H,5-9H2,(H,18,19,20);;/t12-;;/m0../s1. The summed E-state index contributed by atoms with van der Waals surface area (Å²) in [5.41, 5.74) is 1.45. The van der Waals surface area contributed by atoms with Gasteiger partial charge in [-0.15, -0.1) is 11.6 Å². The summed E-state index contributed by atoms with van der Waals surface area (Å²) < 4.78 is 39.4. The summed E-state index contributed by atoms with van der Waals surface area (Å²) in [6.45, 7) is 1.17. The van der Waals surface area contributed by atoms with E-state index < -0.39 is 16.5 Å². The van der Waals surface area contributed by atoms with Crippen LogP contribution in [0.25, 0.3) is 0 Å². The van der Waals surface area contributed by atoms with Gasteiger partial charge in [-0.05, 0) is 24.3 Å². The zero-order chi connectivity index (χ0) is 16.9. The number of hydrogen-bond acceptors (Lipinski definition) is 6. The average molecular weight is 405 g/mol. The molecule has 0 spiro atoms. The monoisotopic (exact) mass is 404 g/mol. The number of benzene rings is 1. The molecule has 1 amide bonds. The third kappa shape index (κ3) is 7.24. The Labute approximate surface area is 188 Å². The van der Waals surface area contributed by atoms with Gasteiger partial charge in [0, 0.05) is 24.5 Å². The van der Waals surface area contributed by atoms with Crippen LogP contribution in [0.1, 0.15) is 0 Å². The van der Waals surface area contributed by atoms with Gasteiger partial charge in [0.05, 0.1) is 12.5 Å². The van der Waals surface area contributed by atoms with Crippen LogP contribution < -0.4 is 10.2 Å². The van der Waals surface area contributed by atoms with E-state index in [-0.39, 0.29) is 76.3 Å². The molecule has 1 aliphatic heterocycles. The number of nitrogens with zero attached hydrogens (tertiary/aromatic N) is 1. The fraction of sp³-hybridized carbons (Fsp3) is 0.462. The first-order chi connectivity index (χ1) is 10.9. The second-order valence-corrected chi connectivity index (χ2v) is 6.18. The first-order valence-electron chi connectivity index (χ1n) is 6.83. The third-order valence-electron chi connectivity index (χ3n) is 3.13. The van der Waals surface area contributed by atoms with E-state index >= 15 is 0 Å². The summed E-state index contributed by atoms with van der Waals surface area (Å²) in [5.74, 6) is -0.201. The molecule has 1 atom stereocenters. The van der Waals surface area contributed by atoms with Crippen LogP contribution in [-0.4, -0.2) is 109 Å². The van der Waals surface area contributed by atoms with Crippen molar-refractivity contribution >= 4 is 90.7 Å². The van der Waals surface area contributed by atoms with E-state index in [1.807, 2.05) is 0 Å². The minimum absolute atomic E-state index is 0. The molecule has 2 N–H and O–H groups in total. The molecule has 11 heteroatoms. The summed E-state index contributed by atoms with van der Waals surface area (Å²) in [4.78, 5) is 13.4. The average Bonchev–Trinajstić information content (AvgIpc) is 2.51. The van der Waals surface area contributed by atoms with Gasteiger partial charge in [-0.3, -0.25) is 9.35 Å². The number of rotatable bonds is 7. The van der Waals surface area contributed by atoms with Crippen molar-refractivity contribution in [3.05, 3.63) is 24.3 Å². The molecule has 1 fully saturated rings. The fourth-order valence-electron chi connectivity index (χ4n) is 2.07. The van der Waals surface area contributed by atoms with Crippen molar-refractivity contribution in [2.75, 3.05) is 42.4 Å². The van der Waals surface area contributed by atoms with Crippen molar-refractivity contribution in [3.8, 4) is 0 Å². The van der Waals surface area contributed by atoms with Gasteiger partial charge in [0.2, 0.25) is 0 Å². The Morgan fingerprint density at radius 3 is 2.58 bits per heavy atom. The second kappa shape index (κ2) is 10.4. The molecule has 1 heterocycles. The Morgan fingerprint density at radius 2 is 2.04 bits per heavy atom. The maximum absolute atomic E-state index is 11.7. The van der Waals surface area contributed by atoms with Crippen LogP contribution in [0.2, 0.25) is 0 Å². The molecular weight excluding hydrogens is 387 g/mol. The van der Waals surface area contributed by atoms with Crippen molar-refractivity contribution in [2.45, 2.75) is 6.10 Å². The van der Waals surface area contributed by atoms with Crippen molar-refractivity contribution in [1.29, 1.82) is 0 Å². The van der Waals surface area contributed by atoms with Crippen LogP contribution in [0.5, 0.6) is 0 Å². The number of alkyl halides is 1. The Bertz CT molecular complexity index is 642. The number of hydrogen-bond donors (Lipinski definition) is 2. The molecule has 0 saturated carbocycles. The first-order valence-corrected chi connectivity index (χ1v) is 8.73. The third-order valence-corrected chi connectivity index (χ3v) is 3.99. The molecule has 2 rings (SSSR count). The van der Waals surface area contributed by atoms with Gasteiger partial charge in [-0.2, -0.15) is 8.42 Å². The molecule has 1 aromatic rings. The van der Waals surface area contributed by atoms with Crippen molar-refractivity contribution in [1.82, 2.24) is 0 Å². The molecule has 1 aromatic carbocycles. The Kier molecular flexibility index (Phi) is 9.67. The molecule has 0 aromatic heterocycles. The van der Waals surface area contributed by atoms with E-state index in [2.05, 4.69) is 9.50 Å². The molecule has 0 bridgehead atoms. The fourth-order valence-corrected chi connectivity index (χ4v) is 2.80. The van der Waals surface area contributed by atoms with E-state index in [0.29, 0.717) is 18.8 Å².